The van der Waals surface area contributed by atoms with Crippen molar-refractivity contribution in [3.63, 3.8) is 0 Å². The number of hydrogen-bond donors (Lipinski definition) is 0. The molecule has 0 fully saturated rings. The summed E-state index contributed by atoms with van der Waals surface area (Å²) < 4.78 is 21.5. The molecule has 0 amide bonds. The third-order valence-corrected chi connectivity index (χ3v) is 4.95. The highest BCUT2D eigenvalue weighted by Gasteiger charge is 2.42. The number of fused-ring (bicyclic) bond motifs is 1. The fourth-order valence-electron chi connectivity index (χ4n) is 3.51. The lowest BCUT2D eigenvalue weighted by molar-refractivity contribution is 0.0981. The minimum Gasteiger partial charge on any atom is -0.493 e. The number of hydrogen-bond acceptors (Lipinski definition) is 5. The summed E-state index contributed by atoms with van der Waals surface area (Å²) in [5.41, 5.74) is 2.13. The largest absolute Gasteiger partial charge is 0.493 e. The molecular formula is C20H22O5. The zero-order valence-electron chi connectivity index (χ0n) is 15.1. The molecule has 0 saturated carbocycles. The van der Waals surface area contributed by atoms with Crippen molar-refractivity contribution in [3.05, 3.63) is 47.0 Å². The van der Waals surface area contributed by atoms with Crippen LogP contribution in [0.3, 0.4) is 0 Å². The summed E-state index contributed by atoms with van der Waals surface area (Å²) in [6, 6.07) is 9.43. The van der Waals surface area contributed by atoms with E-state index >= 15 is 0 Å². The average molecular weight is 342 g/mol. The highest BCUT2D eigenvalue weighted by molar-refractivity contribution is 6.03. The van der Waals surface area contributed by atoms with Crippen LogP contribution >= 0.6 is 0 Å². The first kappa shape index (κ1) is 17.1. The van der Waals surface area contributed by atoms with Crippen LogP contribution in [0.15, 0.2) is 30.3 Å². The predicted octanol–water partition coefficient (Wildman–Crippen LogP) is 3.61. The van der Waals surface area contributed by atoms with Gasteiger partial charge in [0.05, 0.1) is 28.4 Å². The Labute approximate surface area is 147 Å². The molecule has 132 valence electrons. The lowest BCUT2D eigenvalue weighted by Crippen LogP contribution is -2.20. The summed E-state index contributed by atoms with van der Waals surface area (Å²) in [4.78, 5) is 12.6. The summed E-state index contributed by atoms with van der Waals surface area (Å²) >= 11 is 0. The first-order chi connectivity index (χ1) is 12.0. The maximum Gasteiger partial charge on any atom is 0.164 e. The molecule has 3 rings (SSSR count). The maximum atomic E-state index is 12.6. The van der Waals surface area contributed by atoms with Crippen molar-refractivity contribution in [2.75, 3.05) is 28.4 Å². The third kappa shape index (κ3) is 2.60. The standard InChI is InChI=1S/C20H22O5/c1-20(12-6-7-16(22-2)17(8-12)23-3)11-15(21)13-9-18(24-4)19(25-5)10-14(13)20/h6-10H,11H2,1-5H3. The number of ether oxygens (including phenoxy) is 4. The van der Waals surface area contributed by atoms with Crippen molar-refractivity contribution in [2.24, 2.45) is 0 Å². The minimum atomic E-state index is -0.467. The molecule has 25 heavy (non-hydrogen) atoms. The zero-order chi connectivity index (χ0) is 18.2. The van der Waals surface area contributed by atoms with E-state index in [1.807, 2.05) is 24.3 Å². The summed E-state index contributed by atoms with van der Waals surface area (Å²) in [6.07, 6.45) is 0.383. The molecule has 0 aliphatic heterocycles. The van der Waals surface area contributed by atoms with Gasteiger partial charge in [0, 0.05) is 17.4 Å². The van der Waals surface area contributed by atoms with Gasteiger partial charge in [-0.3, -0.25) is 4.79 Å². The van der Waals surface area contributed by atoms with Gasteiger partial charge in [-0.15, -0.1) is 0 Å². The van der Waals surface area contributed by atoms with E-state index in [1.165, 1.54) is 0 Å². The van der Waals surface area contributed by atoms with Crippen LogP contribution in [0.1, 0.15) is 34.8 Å². The van der Waals surface area contributed by atoms with E-state index in [0.29, 0.717) is 35.0 Å². The van der Waals surface area contributed by atoms with Crippen molar-refractivity contribution in [1.29, 1.82) is 0 Å². The molecule has 2 aromatic rings. The molecule has 1 aliphatic rings. The first-order valence-corrected chi connectivity index (χ1v) is 8.00. The van der Waals surface area contributed by atoms with Crippen molar-refractivity contribution in [2.45, 2.75) is 18.8 Å². The number of Topliss-reactive ketones (excluding diaryl/α,β-unsaturated/α-hetero) is 1. The Kier molecular flexibility index (Phi) is 4.33. The second kappa shape index (κ2) is 6.31. The SMILES string of the molecule is COc1ccc(C2(C)CC(=O)c3cc(OC)c(OC)cc32)cc1OC. The van der Waals surface area contributed by atoms with E-state index in [9.17, 15) is 4.79 Å². The number of ketones is 1. The van der Waals surface area contributed by atoms with E-state index in [1.54, 1.807) is 34.5 Å². The molecule has 5 nitrogen and oxygen atoms in total. The van der Waals surface area contributed by atoms with E-state index < -0.39 is 5.41 Å². The Hall–Kier alpha value is -2.69. The summed E-state index contributed by atoms with van der Waals surface area (Å²) in [6.45, 7) is 2.06. The van der Waals surface area contributed by atoms with Gasteiger partial charge in [-0.25, -0.2) is 0 Å². The Morgan fingerprint density at radius 3 is 1.96 bits per heavy atom. The molecule has 0 heterocycles. The van der Waals surface area contributed by atoms with E-state index in [4.69, 9.17) is 18.9 Å². The Morgan fingerprint density at radius 2 is 1.36 bits per heavy atom. The Bertz CT molecular complexity index is 827. The minimum absolute atomic E-state index is 0.0910. The van der Waals surface area contributed by atoms with Gasteiger partial charge < -0.3 is 18.9 Å². The number of carbonyl (C=O) groups is 1. The van der Waals surface area contributed by atoms with Gasteiger partial charge in [-0.2, -0.15) is 0 Å². The quantitative estimate of drug-likeness (QED) is 0.831. The maximum absolute atomic E-state index is 12.6. The smallest absolute Gasteiger partial charge is 0.164 e. The summed E-state index contributed by atoms with van der Waals surface area (Å²) in [5.74, 6) is 2.57. The normalized spacial score (nSPS) is 18.7. The van der Waals surface area contributed by atoms with Crippen LogP contribution in [-0.4, -0.2) is 34.2 Å². The van der Waals surface area contributed by atoms with Crippen molar-refractivity contribution in [1.82, 2.24) is 0 Å². The van der Waals surface area contributed by atoms with E-state index in [-0.39, 0.29) is 5.78 Å². The topological polar surface area (TPSA) is 54.0 Å². The van der Waals surface area contributed by atoms with Crippen LogP contribution in [0, 0.1) is 0 Å². The number of methoxy groups -OCH3 is 4. The molecule has 0 saturated heterocycles. The average Bonchev–Trinajstić information content (AvgIpc) is 2.90. The molecule has 1 atom stereocenters. The van der Waals surface area contributed by atoms with E-state index in [2.05, 4.69) is 6.92 Å². The van der Waals surface area contributed by atoms with Crippen LogP contribution in [0.25, 0.3) is 0 Å². The van der Waals surface area contributed by atoms with Gasteiger partial charge >= 0.3 is 0 Å². The lowest BCUT2D eigenvalue weighted by Gasteiger charge is -2.27. The highest BCUT2D eigenvalue weighted by atomic mass is 16.5. The number of carbonyl (C=O) groups excluding carboxylic acids is 1. The molecule has 0 spiro atoms. The molecule has 1 aliphatic carbocycles. The van der Waals surface area contributed by atoms with Gasteiger partial charge in [0.2, 0.25) is 0 Å². The van der Waals surface area contributed by atoms with Crippen LogP contribution in [0.2, 0.25) is 0 Å². The molecule has 0 bridgehead atoms. The lowest BCUT2D eigenvalue weighted by atomic mass is 9.77. The highest BCUT2D eigenvalue weighted by Crippen LogP contribution is 2.48. The monoisotopic (exact) mass is 342 g/mol. The van der Waals surface area contributed by atoms with E-state index in [0.717, 1.165) is 11.1 Å². The molecule has 0 N–H and O–H groups in total. The fraction of sp³-hybridized carbons (Fsp3) is 0.350. The van der Waals surface area contributed by atoms with Crippen molar-refractivity contribution in [3.8, 4) is 23.0 Å². The number of rotatable bonds is 5. The molecule has 2 aromatic carbocycles. The Balaban J connectivity index is 2.18. The zero-order valence-corrected chi connectivity index (χ0v) is 15.1. The second-order valence-electron chi connectivity index (χ2n) is 6.25. The van der Waals surface area contributed by atoms with Crippen molar-refractivity contribution >= 4 is 5.78 Å². The van der Waals surface area contributed by atoms with Gasteiger partial charge in [0.15, 0.2) is 28.8 Å². The molecule has 5 heteroatoms. The summed E-state index contributed by atoms with van der Waals surface area (Å²) in [5, 5.41) is 0. The Morgan fingerprint density at radius 1 is 0.800 bits per heavy atom. The van der Waals surface area contributed by atoms with Crippen LogP contribution < -0.4 is 18.9 Å². The van der Waals surface area contributed by atoms with Gasteiger partial charge in [-0.05, 0) is 35.4 Å². The summed E-state index contributed by atoms with van der Waals surface area (Å²) in [7, 11) is 6.36. The molecule has 0 aromatic heterocycles. The van der Waals surface area contributed by atoms with Gasteiger partial charge in [-0.1, -0.05) is 13.0 Å². The molecule has 1 unspecified atom stereocenters. The second-order valence-corrected chi connectivity index (χ2v) is 6.25. The van der Waals surface area contributed by atoms with Gasteiger partial charge in [0.1, 0.15) is 0 Å². The first-order valence-electron chi connectivity index (χ1n) is 8.00. The predicted molar refractivity (Wildman–Crippen MR) is 94.5 cm³/mol. The van der Waals surface area contributed by atoms with Crippen LogP contribution in [0.4, 0.5) is 0 Å². The van der Waals surface area contributed by atoms with Crippen LogP contribution in [-0.2, 0) is 5.41 Å². The third-order valence-electron chi connectivity index (χ3n) is 4.95. The number of benzene rings is 2. The van der Waals surface area contributed by atoms with Gasteiger partial charge in [0.25, 0.3) is 0 Å². The van der Waals surface area contributed by atoms with Crippen molar-refractivity contribution < 1.29 is 23.7 Å². The fourth-order valence-corrected chi connectivity index (χ4v) is 3.51. The molecular weight excluding hydrogens is 320 g/mol. The van der Waals surface area contributed by atoms with Crippen LogP contribution in [0.5, 0.6) is 23.0 Å². The molecule has 0 radical (unpaired) electrons.